The molecular weight excluding hydrogens is 225 g/mol. The predicted molar refractivity (Wildman–Crippen MR) is 65.0 cm³/mol. The Morgan fingerprint density at radius 2 is 2.44 bits per heavy atom. The van der Waals surface area contributed by atoms with Gasteiger partial charge in [-0.1, -0.05) is 12.7 Å². The SMILES string of the molecule is C=C1/C=C\C[C@@H]([P+](=O)OCC)C(O)CC=N1. The smallest absolute Gasteiger partial charge is 0.388 e. The Balaban J connectivity index is 2.74. The molecule has 0 saturated carbocycles. The maximum Gasteiger partial charge on any atom is 0.514 e. The van der Waals surface area contributed by atoms with Crippen molar-refractivity contribution in [1.29, 1.82) is 0 Å². The molecule has 1 heterocycles. The molecule has 1 N–H and O–H groups in total. The maximum absolute atomic E-state index is 11.7. The number of nitrogens with zero attached hydrogens (tertiary/aromatic N) is 1. The van der Waals surface area contributed by atoms with Crippen molar-refractivity contribution in [2.75, 3.05) is 6.61 Å². The number of aliphatic imine (C=N–C) groups is 1. The molecule has 88 valence electrons. The summed E-state index contributed by atoms with van der Waals surface area (Å²) in [6.45, 7) is 5.90. The van der Waals surface area contributed by atoms with Crippen molar-refractivity contribution in [3.8, 4) is 0 Å². The van der Waals surface area contributed by atoms with E-state index in [1.54, 1.807) is 19.2 Å². The topological polar surface area (TPSA) is 58.9 Å². The maximum atomic E-state index is 11.7. The number of aliphatic hydroxyl groups excluding tert-OH is 1. The number of rotatable bonds is 3. The molecule has 0 aliphatic carbocycles. The van der Waals surface area contributed by atoms with Gasteiger partial charge >= 0.3 is 8.03 Å². The molecule has 0 spiro atoms. The summed E-state index contributed by atoms with van der Waals surface area (Å²) in [5.41, 5.74) is 0.267. The molecule has 1 rings (SSSR count). The molecule has 0 fully saturated rings. The van der Waals surface area contributed by atoms with Crippen LogP contribution in [0.4, 0.5) is 0 Å². The van der Waals surface area contributed by atoms with Gasteiger partial charge in [-0.3, -0.25) is 4.99 Å². The van der Waals surface area contributed by atoms with Crippen LogP contribution in [0.15, 0.2) is 29.4 Å². The third-order valence-electron chi connectivity index (χ3n) is 2.26. The minimum absolute atomic E-state index is 0.372. The van der Waals surface area contributed by atoms with E-state index in [0.29, 0.717) is 25.1 Å². The Bertz CT molecular complexity index is 325. The first-order valence-corrected chi connectivity index (χ1v) is 6.55. The molecule has 0 saturated heterocycles. The van der Waals surface area contributed by atoms with Crippen LogP contribution < -0.4 is 0 Å². The summed E-state index contributed by atoms with van der Waals surface area (Å²) < 4.78 is 16.8. The van der Waals surface area contributed by atoms with Crippen LogP contribution in [0, 0.1) is 0 Å². The average molecular weight is 242 g/mol. The number of aliphatic hydroxyl groups is 1. The third-order valence-corrected chi connectivity index (χ3v) is 3.87. The van der Waals surface area contributed by atoms with Crippen molar-refractivity contribution in [2.24, 2.45) is 4.99 Å². The average Bonchev–Trinajstić information content (AvgIpc) is 2.30. The fourth-order valence-corrected chi connectivity index (χ4v) is 2.57. The number of hydrogen-bond donors (Lipinski definition) is 1. The van der Waals surface area contributed by atoms with Crippen LogP contribution in [0.3, 0.4) is 0 Å². The number of allylic oxidation sites excluding steroid dienone is 2. The molecule has 1 aliphatic heterocycles. The standard InChI is InChI=1S/C11H17NO3P/c1-3-15-16(14)11-6-4-5-9(2)12-8-7-10(11)13/h4-5,8,10-11,13H,2-3,6-7H2,1H3/q+1/b5-4-,12-8?/t10?,11-/m1/s1. The quantitative estimate of drug-likeness (QED) is 0.773. The summed E-state index contributed by atoms with van der Waals surface area (Å²) in [5, 5.41) is 9.86. The lowest BCUT2D eigenvalue weighted by Crippen LogP contribution is -2.23. The second kappa shape index (κ2) is 6.69. The van der Waals surface area contributed by atoms with Gasteiger partial charge in [0.1, 0.15) is 6.10 Å². The summed E-state index contributed by atoms with van der Waals surface area (Å²) >= 11 is 0. The van der Waals surface area contributed by atoms with Crippen molar-refractivity contribution in [2.45, 2.75) is 31.5 Å². The zero-order chi connectivity index (χ0) is 12.0. The number of hydrogen-bond acceptors (Lipinski definition) is 4. The largest absolute Gasteiger partial charge is 0.514 e. The van der Waals surface area contributed by atoms with Gasteiger partial charge in [-0.15, -0.1) is 4.52 Å². The van der Waals surface area contributed by atoms with E-state index in [4.69, 9.17) is 4.52 Å². The molecule has 0 aromatic heterocycles. The van der Waals surface area contributed by atoms with Crippen LogP contribution in [0.5, 0.6) is 0 Å². The van der Waals surface area contributed by atoms with Crippen LogP contribution in [0.1, 0.15) is 19.8 Å². The lowest BCUT2D eigenvalue weighted by Gasteiger charge is -2.09. The summed E-state index contributed by atoms with van der Waals surface area (Å²) in [7, 11) is -1.84. The molecule has 0 radical (unpaired) electrons. The lowest BCUT2D eigenvalue weighted by molar-refractivity contribution is 0.171. The highest BCUT2D eigenvalue weighted by atomic mass is 31.1. The monoisotopic (exact) mass is 242 g/mol. The molecule has 0 bridgehead atoms. The fraction of sp³-hybridized carbons (Fsp3) is 0.545. The summed E-state index contributed by atoms with van der Waals surface area (Å²) in [5.74, 6) is 0. The van der Waals surface area contributed by atoms with E-state index in [0.717, 1.165) is 0 Å². The Kier molecular flexibility index (Phi) is 5.53. The Morgan fingerprint density at radius 1 is 1.69 bits per heavy atom. The highest BCUT2D eigenvalue weighted by Gasteiger charge is 2.37. The van der Waals surface area contributed by atoms with Crippen molar-refractivity contribution < 1.29 is 14.2 Å². The van der Waals surface area contributed by atoms with Crippen molar-refractivity contribution in [3.05, 3.63) is 24.4 Å². The Hall–Kier alpha value is -0.830. The zero-order valence-corrected chi connectivity index (χ0v) is 10.3. The van der Waals surface area contributed by atoms with Gasteiger partial charge in [0.25, 0.3) is 0 Å². The Labute approximate surface area is 96.6 Å². The van der Waals surface area contributed by atoms with Crippen molar-refractivity contribution >= 4 is 14.2 Å². The van der Waals surface area contributed by atoms with E-state index in [1.807, 2.05) is 6.08 Å². The minimum Gasteiger partial charge on any atom is -0.388 e. The second-order valence-electron chi connectivity index (χ2n) is 3.51. The summed E-state index contributed by atoms with van der Waals surface area (Å²) in [4.78, 5) is 4.03. The van der Waals surface area contributed by atoms with Gasteiger partial charge in [0.15, 0.2) is 0 Å². The van der Waals surface area contributed by atoms with E-state index < -0.39 is 14.1 Å². The first kappa shape index (κ1) is 13.2. The van der Waals surface area contributed by atoms with Crippen LogP contribution in [0.2, 0.25) is 0 Å². The first-order chi connectivity index (χ1) is 7.65. The molecule has 1 aliphatic rings. The van der Waals surface area contributed by atoms with Gasteiger partial charge in [0.2, 0.25) is 5.66 Å². The van der Waals surface area contributed by atoms with E-state index in [9.17, 15) is 9.67 Å². The second-order valence-corrected chi connectivity index (χ2v) is 5.01. The molecule has 16 heavy (non-hydrogen) atoms. The fourth-order valence-electron chi connectivity index (χ4n) is 1.43. The van der Waals surface area contributed by atoms with E-state index in [1.165, 1.54) is 0 Å². The molecule has 0 aromatic rings. The molecule has 2 unspecified atom stereocenters. The molecule has 0 amide bonds. The minimum atomic E-state index is -1.84. The zero-order valence-electron chi connectivity index (χ0n) is 9.37. The van der Waals surface area contributed by atoms with Gasteiger partial charge in [-0.25, -0.2) is 0 Å². The summed E-state index contributed by atoms with van der Waals surface area (Å²) in [6.07, 6.45) is 5.39. The van der Waals surface area contributed by atoms with Gasteiger partial charge in [-0.05, 0) is 17.6 Å². The van der Waals surface area contributed by atoms with Gasteiger partial charge < -0.3 is 5.11 Å². The highest BCUT2D eigenvalue weighted by Crippen LogP contribution is 2.35. The van der Waals surface area contributed by atoms with Crippen LogP contribution in [0.25, 0.3) is 0 Å². The van der Waals surface area contributed by atoms with Crippen LogP contribution in [-0.4, -0.2) is 29.7 Å². The van der Waals surface area contributed by atoms with Gasteiger partial charge in [0.05, 0.1) is 12.3 Å². The van der Waals surface area contributed by atoms with Crippen molar-refractivity contribution in [1.82, 2.24) is 0 Å². The van der Waals surface area contributed by atoms with Gasteiger partial charge in [-0.2, -0.15) is 0 Å². The molecule has 3 atom stereocenters. The van der Waals surface area contributed by atoms with E-state index >= 15 is 0 Å². The first-order valence-electron chi connectivity index (χ1n) is 5.30. The molecule has 5 heteroatoms. The lowest BCUT2D eigenvalue weighted by atomic mass is 10.1. The van der Waals surface area contributed by atoms with Crippen molar-refractivity contribution in [3.63, 3.8) is 0 Å². The normalized spacial score (nSPS) is 29.1. The summed E-state index contributed by atoms with van der Waals surface area (Å²) in [6, 6.07) is 0. The Morgan fingerprint density at radius 3 is 3.12 bits per heavy atom. The van der Waals surface area contributed by atoms with E-state index in [-0.39, 0.29) is 5.66 Å². The molecule has 0 aromatic carbocycles. The van der Waals surface area contributed by atoms with E-state index in [2.05, 4.69) is 11.6 Å². The third kappa shape index (κ3) is 3.97. The van der Waals surface area contributed by atoms with Crippen LogP contribution >= 0.6 is 8.03 Å². The predicted octanol–water partition coefficient (Wildman–Crippen LogP) is 2.43. The van der Waals surface area contributed by atoms with Crippen LogP contribution in [-0.2, 0) is 9.09 Å². The highest BCUT2D eigenvalue weighted by molar-refractivity contribution is 7.40. The molecular formula is C11H17NO3P+. The molecule has 4 nitrogen and oxygen atoms in total. The van der Waals surface area contributed by atoms with Gasteiger partial charge in [0, 0.05) is 19.1 Å².